The molecule has 0 atom stereocenters. The molecule has 4 nitrogen and oxygen atoms in total. The van der Waals surface area contributed by atoms with Gasteiger partial charge in [-0.15, -0.1) is 5.10 Å². The molecule has 2 heterocycles. The van der Waals surface area contributed by atoms with Crippen LogP contribution in [0, 0.1) is 5.82 Å². The van der Waals surface area contributed by atoms with Gasteiger partial charge in [0.15, 0.2) is 5.82 Å². The maximum absolute atomic E-state index is 13.6. The van der Waals surface area contributed by atoms with Gasteiger partial charge in [-0.2, -0.15) is 0 Å². The second-order valence-corrected chi connectivity index (χ2v) is 4.48. The normalized spacial score (nSPS) is 17.9. The number of hydrogen-bond donors (Lipinski definition) is 1. The maximum atomic E-state index is 13.6. The van der Waals surface area contributed by atoms with Crippen LogP contribution >= 0.6 is 11.6 Å². The molecule has 1 fully saturated rings. The quantitative estimate of drug-likeness (QED) is 0.868. The summed E-state index contributed by atoms with van der Waals surface area (Å²) in [7, 11) is 0. The van der Waals surface area contributed by atoms with Crippen molar-refractivity contribution in [2.45, 2.75) is 18.3 Å². The molecule has 0 bridgehead atoms. The van der Waals surface area contributed by atoms with Crippen LogP contribution in [0.4, 0.5) is 4.39 Å². The molecular formula is C10H9ClFN3O. The van der Waals surface area contributed by atoms with Crippen LogP contribution in [0.15, 0.2) is 12.3 Å². The van der Waals surface area contributed by atoms with Gasteiger partial charge in [-0.3, -0.25) is 0 Å². The van der Waals surface area contributed by atoms with Crippen molar-refractivity contribution in [2.75, 3.05) is 6.61 Å². The molecule has 2 aromatic rings. The molecule has 84 valence electrons. The van der Waals surface area contributed by atoms with Crippen molar-refractivity contribution in [3.8, 4) is 0 Å². The number of aliphatic hydroxyl groups excluding tert-OH is 1. The summed E-state index contributed by atoms with van der Waals surface area (Å²) in [4.78, 5) is 3.74. The highest BCUT2D eigenvalue weighted by molar-refractivity contribution is 6.28. The minimum Gasteiger partial charge on any atom is -0.395 e. The number of aliphatic hydroxyl groups is 1. The van der Waals surface area contributed by atoms with E-state index in [0.717, 1.165) is 12.8 Å². The van der Waals surface area contributed by atoms with Crippen LogP contribution in [0.1, 0.15) is 18.5 Å². The first kappa shape index (κ1) is 9.99. The predicted molar refractivity (Wildman–Crippen MR) is 56.0 cm³/mol. The lowest BCUT2D eigenvalue weighted by Gasteiger charge is -2.10. The number of nitrogens with zero attached hydrogens (tertiary/aromatic N) is 3. The van der Waals surface area contributed by atoms with Crippen molar-refractivity contribution in [1.29, 1.82) is 0 Å². The number of hydrogen-bond acceptors (Lipinski definition) is 3. The molecule has 1 aliphatic rings. The molecule has 0 spiro atoms. The second kappa shape index (κ2) is 3.15. The highest BCUT2D eigenvalue weighted by Crippen LogP contribution is 2.48. The summed E-state index contributed by atoms with van der Waals surface area (Å²) >= 11 is 5.69. The van der Waals surface area contributed by atoms with Crippen molar-refractivity contribution in [3.63, 3.8) is 0 Å². The van der Waals surface area contributed by atoms with Gasteiger partial charge in [0.05, 0.1) is 18.5 Å². The summed E-state index contributed by atoms with van der Waals surface area (Å²) in [5, 5.41) is 13.4. The van der Waals surface area contributed by atoms with Crippen LogP contribution in [0.5, 0.6) is 0 Å². The smallest absolute Gasteiger partial charge is 0.241 e. The Morgan fingerprint density at radius 2 is 2.31 bits per heavy atom. The average molecular weight is 242 g/mol. The molecule has 1 saturated carbocycles. The van der Waals surface area contributed by atoms with Crippen molar-refractivity contribution >= 4 is 17.1 Å². The summed E-state index contributed by atoms with van der Waals surface area (Å²) < 4.78 is 15.0. The van der Waals surface area contributed by atoms with Crippen molar-refractivity contribution in [1.82, 2.24) is 14.6 Å². The van der Waals surface area contributed by atoms with Crippen molar-refractivity contribution in [2.24, 2.45) is 0 Å². The Hall–Kier alpha value is -1.20. The lowest BCUT2D eigenvalue weighted by atomic mass is 10.0. The summed E-state index contributed by atoms with van der Waals surface area (Å²) in [5.74, 6) is -0.383. The number of fused-ring (bicyclic) bond motifs is 1. The van der Waals surface area contributed by atoms with E-state index < -0.39 is 0 Å². The summed E-state index contributed by atoms with van der Waals surface area (Å²) in [5.41, 5.74) is 0.621. The van der Waals surface area contributed by atoms with E-state index in [-0.39, 0.29) is 23.1 Å². The fraction of sp³-hybridized carbons (Fsp3) is 0.400. The predicted octanol–water partition coefficient (Wildman–Crippen LogP) is 1.55. The zero-order valence-electron chi connectivity index (χ0n) is 8.32. The van der Waals surface area contributed by atoms with Gasteiger partial charge in [0, 0.05) is 5.41 Å². The van der Waals surface area contributed by atoms with Crippen LogP contribution in [0.2, 0.25) is 5.28 Å². The molecule has 1 aliphatic carbocycles. The number of halogens is 2. The Morgan fingerprint density at radius 3 is 2.94 bits per heavy atom. The molecule has 0 radical (unpaired) electrons. The summed E-state index contributed by atoms with van der Waals surface area (Å²) in [6.07, 6.45) is 3.04. The van der Waals surface area contributed by atoms with E-state index in [1.807, 2.05) is 0 Å². The monoisotopic (exact) mass is 241 g/mol. The molecule has 0 aromatic carbocycles. The van der Waals surface area contributed by atoms with Gasteiger partial charge in [-0.25, -0.2) is 13.9 Å². The lowest BCUT2D eigenvalue weighted by molar-refractivity contribution is 0.251. The lowest BCUT2D eigenvalue weighted by Crippen LogP contribution is -2.15. The van der Waals surface area contributed by atoms with Gasteiger partial charge >= 0.3 is 0 Å². The second-order valence-electron chi connectivity index (χ2n) is 4.14. The highest BCUT2D eigenvalue weighted by atomic mass is 35.5. The molecule has 6 heteroatoms. The van der Waals surface area contributed by atoms with Gasteiger partial charge in [0.2, 0.25) is 5.28 Å². The molecule has 0 aliphatic heterocycles. The van der Waals surface area contributed by atoms with E-state index in [1.54, 1.807) is 0 Å². The van der Waals surface area contributed by atoms with Crippen LogP contribution in [-0.2, 0) is 5.41 Å². The number of aromatic nitrogens is 3. The third-order valence-electron chi connectivity index (χ3n) is 3.14. The Kier molecular flexibility index (Phi) is 1.96. The van der Waals surface area contributed by atoms with Crippen molar-refractivity contribution < 1.29 is 9.50 Å². The topological polar surface area (TPSA) is 50.4 Å². The maximum Gasteiger partial charge on any atom is 0.241 e. The fourth-order valence-corrected chi connectivity index (χ4v) is 2.08. The zero-order chi connectivity index (χ0) is 11.3. The average Bonchev–Trinajstić information content (AvgIpc) is 3.00. The van der Waals surface area contributed by atoms with E-state index >= 15 is 0 Å². The Labute approximate surface area is 95.7 Å². The number of rotatable bonds is 2. The fourth-order valence-electron chi connectivity index (χ4n) is 1.96. The Bertz CT molecular complexity index is 564. The van der Waals surface area contributed by atoms with E-state index in [1.165, 1.54) is 16.8 Å². The molecule has 3 rings (SSSR count). The third-order valence-corrected chi connectivity index (χ3v) is 3.31. The molecular weight excluding hydrogens is 233 g/mol. The zero-order valence-corrected chi connectivity index (χ0v) is 9.08. The SMILES string of the molecule is OCC1(c2cc(F)c3cnc(Cl)nn23)CC1. The van der Waals surface area contributed by atoms with Gasteiger partial charge in [0.1, 0.15) is 5.52 Å². The van der Waals surface area contributed by atoms with Crippen LogP contribution in [0.25, 0.3) is 5.52 Å². The molecule has 16 heavy (non-hydrogen) atoms. The molecule has 1 N–H and O–H groups in total. The van der Waals surface area contributed by atoms with E-state index in [4.69, 9.17) is 11.6 Å². The first-order valence-corrected chi connectivity index (χ1v) is 5.35. The highest BCUT2D eigenvalue weighted by Gasteiger charge is 2.46. The molecule has 0 unspecified atom stereocenters. The molecule has 2 aromatic heterocycles. The minimum absolute atomic E-state index is 0.000174. The Morgan fingerprint density at radius 1 is 1.56 bits per heavy atom. The van der Waals surface area contributed by atoms with Gasteiger partial charge in [0.25, 0.3) is 0 Å². The molecule has 0 saturated heterocycles. The first-order valence-electron chi connectivity index (χ1n) is 4.97. The van der Waals surface area contributed by atoms with E-state index in [0.29, 0.717) is 11.2 Å². The van der Waals surface area contributed by atoms with Crippen LogP contribution in [0.3, 0.4) is 0 Å². The third kappa shape index (κ3) is 1.25. The largest absolute Gasteiger partial charge is 0.395 e. The van der Waals surface area contributed by atoms with Crippen LogP contribution in [-0.4, -0.2) is 26.3 Å². The first-order chi connectivity index (χ1) is 7.66. The summed E-state index contributed by atoms with van der Waals surface area (Å²) in [6.45, 7) is 0.000174. The summed E-state index contributed by atoms with van der Waals surface area (Å²) in [6, 6.07) is 1.41. The van der Waals surface area contributed by atoms with Gasteiger partial charge in [-0.1, -0.05) is 0 Å². The van der Waals surface area contributed by atoms with Crippen molar-refractivity contribution in [3.05, 3.63) is 29.1 Å². The van der Waals surface area contributed by atoms with Crippen LogP contribution < -0.4 is 0 Å². The van der Waals surface area contributed by atoms with Gasteiger partial charge < -0.3 is 5.11 Å². The minimum atomic E-state index is -0.383. The molecule has 0 amide bonds. The standard InChI is InChI=1S/C10H9ClFN3O/c11-9-13-4-7-6(12)3-8(15(7)14-9)10(5-16)1-2-10/h3-4,16H,1-2,5H2. The Balaban J connectivity index is 2.29. The van der Waals surface area contributed by atoms with E-state index in [9.17, 15) is 9.50 Å². The van der Waals surface area contributed by atoms with E-state index in [2.05, 4.69) is 10.1 Å². The van der Waals surface area contributed by atoms with Gasteiger partial charge in [-0.05, 0) is 30.5 Å².